The maximum absolute atomic E-state index is 12.0. The van der Waals surface area contributed by atoms with Gasteiger partial charge in [-0.05, 0) is 25.3 Å². The smallest absolute Gasteiger partial charge is 0.272 e. The monoisotopic (exact) mass is 305 g/mol. The van der Waals surface area contributed by atoms with Gasteiger partial charge in [0.05, 0.1) is 6.54 Å². The molecule has 22 heavy (non-hydrogen) atoms. The number of hydrogen-bond donors (Lipinski definition) is 2. The first kappa shape index (κ1) is 14.7. The number of rotatable bonds is 6. The van der Waals surface area contributed by atoms with Crippen LogP contribution in [0.5, 0.6) is 0 Å². The van der Waals surface area contributed by atoms with Crippen LogP contribution in [0.3, 0.4) is 0 Å². The van der Waals surface area contributed by atoms with E-state index in [4.69, 9.17) is 9.26 Å². The molecule has 3 heterocycles. The topological polar surface area (TPSA) is 106 Å². The van der Waals surface area contributed by atoms with E-state index in [0.29, 0.717) is 17.4 Å². The van der Waals surface area contributed by atoms with Gasteiger partial charge in [-0.15, -0.1) is 0 Å². The summed E-state index contributed by atoms with van der Waals surface area (Å²) >= 11 is 0. The van der Waals surface area contributed by atoms with E-state index in [1.807, 2.05) is 0 Å². The Bertz CT molecular complexity index is 630. The van der Waals surface area contributed by atoms with Crippen LogP contribution in [-0.2, 0) is 17.7 Å². The molecule has 0 aromatic carbocycles. The van der Waals surface area contributed by atoms with E-state index >= 15 is 0 Å². The van der Waals surface area contributed by atoms with E-state index in [1.165, 1.54) is 0 Å². The molecule has 8 heteroatoms. The van der Waals surface area contributed by atoms with E-state index in [0.717, 1.165) is 38.0 Å². The van der Waals surface area contributed by atoms with Crippen molar-refractivity contribution in [1.82, 2.24) is 25.7 Å². The molecule has 0 spiro atoms. The van der Waals surface area contributed by atoms with Gasteiger partial charge in [0.25, 0.3) is 11.8 Å². The van der Waals surface area contributed by atoms with Crippen LogP contribution in [0.4, 0.5) is 0 Å². The number of aromatic nitrogens is 4. The van der Waals surface area contributed by atoms with E-state index in [-0.39, 0.29) is 18.6 Å². The molecular weight excluding hydrogens is 286 g/mol. The minimum atomic E-state index is -0.262. The summed E-state index contributed by atoms with van der Waals surface area (Å²) in [5.74, 6) is 0.650. The van der Waals surface area contributed by atoms with Gasteiger partial charge in [0.15, 0.2) is 5.82 Å². The Hall–Kier alpha value is -2.22. The molecule has 1 atom stereocenters. The van der Waals surface area contributed by atoms with Gasteiger partial charge >= 0.3 is 0 Å². The highest BCUT2D eigenvalue weighted by atomic mass is 16.5. The lowest BCUT2D eigenvalue weighted by atomic mass is 10.2. The van der Waals surface area contributed by atoms with Gasteiger partial charge in [-0.1, -0.05) is 18.5 Å². The molecule has 2 N–H and O–H groups in total. The molecule has 118 valence electrons. The molecule has 0 bridgehead atoms. The largest absolute Gasteiger partial charge is 0.368 e. The molecule has 2 aromatic rings. The third kappa shape index (κ3) is 3.33. The Balaban J connectivity index is 1.54. The van der Waals surface area contributed by atoms with Crippen LogP contribution in [0, 0.1) is 0 Å². The van der Waals surface area contributed by atoms with Crippen LogP contribution in [0.2, 0.25) is 0 Å². The van der Waals surface area contributed by atoms with E-state index in [9.17, 15) is 4.79 Å². The highest BCUT2D eigenvalue weighted by molar-refractivity contribution is 5.92. The second-order valence-corrected chi connectivity index (χ2v) is 5.26. The number of carbonyl (C=O) groups is 1. The van der Waals surface area contributed by atoms with Crippen LogP contribution in [0.25, 0.3) is 0 Å². The molecule has 1 aliphatic heterocycles. The molecule has 0 unspecified atom stereocenters. The van der Waals surface area contributed by atoms with Gasteiger partial charge in [-0.25, -0.2) is 0 Å². The summed E-state index contributed by atoms with van der Waals surface area (Å²) in [7, 11) is 0. The van der Waals surface area contributed by atoms with Gasteiger partial charge in [0, 0.05) is 12.3 Å². The number of carbonyl (C=O) groups excluding carboxylic acids is 1. The number of nitrogens with zero attached hydrogens (tertiary/aromatic N) is 3. The van der Waals surface area contributed by atoms with Gasteiger partial charge in [-0.3, -0.25) is 9.89 Å². The zero-order valence-electron chi connectivity index (χ0n) is 12.5. The maximum Gasteiger partial charge on any atom is 0.272 e. The summed E-state index contributed by atoms with van der Waals surface area (Å²) < 4.78 is 10.6. The number of H-pyrrole nitrogens is 1. The van der Waals surface area contributed by atoms with Crippen molar-refractivity contribution in [3.63, 3.8) is 0 Å². The predicted octanol–water partition coefficient (Wildman–Crippen LogP) is 1.53. The standard InChI is InChI=1S/C14H19N5O3/c1-2-4-9-7-10(18-17-9)13(20)15-8-12-16-14(22-19-12)11-5-3-6-21-11/h7,11H,2-6,8H2,1H3,(H,15,20)(H,17,18)/t11-/m1/s1. The zero-order chi connectivity index (χ0) is 15.4. The Morgan fingerprint density at radius 2 is 2.45 bits per heavy atom. The maximum atomic E-state index is 12.0. The van der Waals surface area contributed by atoms with Crippen molar-refractivity contribution in [3.05, 3.63) is 29.2 Å². The average molecular weight is 305 g/mol. The van der Waals surface area contributed by atoms with Crippen molar-refractivity contribution in [1.29, 1.82) is 0 Å². The van der Waals surface area contributed by atoms with Crippen LogP contribution < -0.4 is 5.32 Å². The summed E-state index contributed by atoms with van der Waals surface area (Å²) in [6, 6.07) is 1.76. The quantitative estimate of drug-likeness (QED) is 0.838. The van der Waals surface area contributed by atoms with Gasteiger partial charge in [0.2, 0.25) is 0 Å². The molecule has 1 saturated heterocycles. The first-order chi connectivity index (χ1) is 10.8. The van der Waals surface area contributed by atoms with Gasteiger partial charge in [-0.2, -0.15) is 10.1 Å². The highest BCUT2D eigenvalue weighted by Crippen LogP contribution is 2.26. The number of amides is 1. The van der Waals surface area contributed by atoms with Crippen molar-refractivity contribution in [3.8, 4) is 0 Å². The minimum Gasteiger partial charge on any atom is -0.368 e. The lowest BCUT2D eigenvalue weighted by Gasteiger charge is -2.00. The van der Waals surface area contributed by atoms with E-state index in [2.05, 4.69) is 32.6 Å². The summed E-state index contributed by atoms with van der Waals surface area (Å²) in [6.07, 6.45) is 3.65. The molecule has 8 nitrogen and oxygen atoms in total. The number of aryl methyl sites for hydroxylation is 1. The Morgan fingerprint density at radius 3 is 3.23 bits per heavy atom. The lowest BCUT2D eigenvalue weighted by molar-refractivity contribution is 0.0835. The zero-order valence-corrected chi connectivity index (χ0v) is 12.5. The number of aromatic amines is 1. The van der Waals surface area contributed by atoms with Crippen molar-refractivity contribution in [2.75, 3.05) is 6.61 Å². The second kappa shape index (κ2) is 6.69. The molecule has 1 amide bonds. The molecule has 1 aliphatic rings. The molecule has 0 aliphatic carbocycles. The van der Waals surface area contributed by atoms with Crippen molar-refractivity contribution in [2.24, 2.45) is 0 Å². The summed E-state index contributed by atoms with van der Waals surface area (Å²) in [5, 5.41) is 13.4. The first-order valence-electron chi connectivity index (χ1n) is 7.53. The lowest BCUT2D eigenvalue weighted by Crippen LogP contribution is -2.23. The fourth-order valence-electron chi connectivity index (χ4n) is 2.37. The number of ether oxygens (including phenoxy) is 1. The van der Waals surface area contributed by atoms with Crippen LogP contribution in [0.15, 0.2) is 10.6 Å². The fraction of sp³-hybridized carbons (Fsp3) is 0.571. The van der Waals surface area contributed by atoms with E-state index < -0.39 is 0 Å². The summed E-state index contributed by atoms with van der Waals surface area (Å²) in [6.45, 7) is 2.99. The van der Waals surface area contributed by atoms with Gasteiger partial charge in [0.1, 0.15) is 11.8 Å². The molecule has 0 radical (unpaired) electrons. The van der Waals surface area contributed by atoms with Crippen LogP contribution in [0.1, 0.15) is 60.2 Å². The first-order valence-corrected chi connectivity index (χ1v) is 7.53. The highest BCUT2D eigenvalue weighted by Gasteiger charge is 2.24. The Kier molecular flexibility index (Phi) is 4.47. The van der Waals surface area contributed by atoms with Crippen molar-refractivity contribution in [2.45, 2.75) is 45.3 Å². The third-order valence-electron chi connectivity index (χ3n) is 3.48. The fourth-order valence-corrected chi connectivity index (χ4v) is 2.37. The average Bonchev–Trinajstić information content (AvgIpc) is 3.25. The summed E-state index contributed by atoms with van der Waals surface area (Å²) in [4.78, 5) is 16.2. The van der Waals surface area contributed by atoms with E-state index in [1.54, 1.807) is 6.07 Å². The van der Waals surface area contributed by atoms with Crippen LogP contribution >= 0.6 is 0 Å². The molecule has 1 fully saturated rings. The minimum absolute atomic E-state index is 0.111. The summed E-state index contributed by atoms with van der Waals surface area (Å²) in [5.41, 5.74) is 1.32. The Morgan fingerprint density at radius 1 is 1.55 bits per heavy atom. The molecule has 3 rings (SSSR count). The normalized spacial score (nSPS) is 17.8. The molecule has 0 saturated carbocycles. The second-order valence-electron chi connectivity index (χ2n) is 5.26. The Labute approximate surface area is 127 Å². The number of nitrogens with one attached hydrogen (secondary N) is 2. The molecular formula is C14H19N5O3. The van der Waals surface area contributed by atoms with Crippen LogP contribution in [-0.4, -0.2) is 32.9 Å². The van der Waals surface area contributed by atoms with Crippen molar-refractivity contribution >= 4 is 5.91 Å². The predicted molar refractivity (Wildman–Crippen MR) is 76.0 cm³/mol. The molecule has 2 aromatic heterocycles. The van der Waals surface area contributed by atoms with Gasteiger partial charge < -0.3 is 14.6 Å². The number of hydrogen-bond acceptors (Lipinski definition) is 6. The third-order valence-corrected chi connectivity index (χ3v) is 3.48. The SMILES string of the molecule is CCCc1cc(C(=O)NCc2noc([C@H]3CCCO3)n2)n[nH]1. The van der Waals surface area contributed by atoms with Crippen molar-refractivity contribution < 1.29 is 14.1 Å².